The highest BCUT2D eigenvalue weighted by Crippen LogP contribution is 2.34. The van der Waals surface area contributed by atoms with Crippen LogP contribution < -0.4 is 5.32 Å². The summed E-state index contributed by atoms with van der Waals surface area (Å²) in [5.74, 6) is -0.868. The van der Waals surface area contributed by atoms with Crippen molar-refractivity contribution in [2.75, 3.05) is 26.7 Å². The van der Waals surface area contributed by atoms with Gasteiger partial charge in [-0.05, 0) is 39.2 Å². The second-order valence-electron chi connectivity index (χ2n) is 6.29. The van der Waals surface area contributed by atoms with E-state index < -0.39 is 11.5 Å². The number of nitrogens with zero attached hydrogens (tertiary/aromatic N) is 2. The van der Waals surface area contributed by atoms with Gasteiger partial charge >= 0.3 is 12.0 Å². The van der Waals surface area contributed by atoms with Gasteiger partial charge in [0.25, 0.3) is 0 Å². The maximum atomic E-state index is 12.3. The number of hydrogen-bond donors (Lipinski definition) is 2. The van der Waals surface area contributed by atoms with Gasteiger partial charge in [0.15, 0.2) is 0 Å². The molecule has 6 heteroatoms. The molecule has 2 fully saturated rings. The van der Waals surface area contributed by atoms with Gasteiger partial charge in [0.2, 0.25) is 0 Å². The monoisotopic (exact) mass is 297 g/mol. The minimum Gasteiger partial charge on any atom is -0.479 e. The summed E-state index contributed by atoms with van der Waals surface area (Å²) in [4.78, 5) is 27.8. The van der Waals surface area contributed by atoms with Crippen LogP contribution in [0.2, 0.25) is 0 Å². The van der Waals surface area contributed by atoms with E-state index in [0.717, 1.165) is 19.4 Å². The number of urea groups is 1. The fourth-order valence-corrected chi connectivity index (χ4v) is 3.31. The molecular weight excluding hydrogens is 270 g/mol. The van der Waals surface area contributed by atoms with Crippen LogP contribution in [-0.2, 0) is 4.79 Å². The Kier molecular flexibility index (Phi) is 5.08. The van der Waals surface area contributed by atoms with Gasteiger partial charge in [-0.3, -0.25) is 0 Å². The molecule has 2 aliphatic rings. The first-order valence-corrected chi connectivity index (χ1v) is 8.00. The zero-order valence-corrected chi connectivity index (χ0v) is 13.1. The second kappa shape index (κ2) is 6.64. The summed E-state index contributed by atoms with van der Waals surface area (Å²) in [5, 5.41) is 12.5. The van der Waals surface area contributed by atoms with Crippen LogP contribution >= 0.6 is 0 Å². The molecule has 1 aliphatic heterocycles. The van der Waals surface area contributed by atoms with E-state index in [0.29, 0.717) is 32.0 Å². The van der Waals surface area contributed by atoms with Crippen molar-refractivity contribution in [3.8, 4) is 0 Å². The topological polar surface area (TPSA) is 72.9 Å². The van der Waals surface area contributed by atoms with Crippen molar-refractivity contribution in [3.05, 3.63) is 0 Å². The van der Waals surface area contributed by atoms with E-state index in [-0.39, 0.29) is 6.03 Å². The van der Waals surface area contributed by atoms with E-state index in [1.165, 1.54) is 17.7 Å². The summed E-state index contributed by atoms with van der Waals surface area (Å²) >= 11 is 0. The van der Waals surface area contributed by atoms with Crippen molar-refractivity contribution in [1.29, 1.82) is 0 Å². The van der Waals surface area contributed by atoms with Crippen molar-refractivity contribution >= 4 is 12.0 Å². The number of rotatable bonds is 7. The molecule has 0 spiro atoms. The molecule has 2 N–H and O–H groups in total. The van der Waals surface area contributed by atoms with Crippen LogP contribution in [0.3, 0.4) is 0 Å². The predicted molar refractivity (Wildman–Crippen MR) is 80.3 cm³/mol. The van der Waals surface area contributed by atoms with Crippen LogP contribution in [-0.4, -0.2) is 65.2 Å². The number of carbonyl (C=O) groups excluding carboxylic acids is 1. The normalized spacial score (nSPS) is 25.4. The molecule has 0 aromatic carbocycles. The number of likely N-dealkylation sites (tertiary alicyclic amines) is 1. The molecule has 1 saturated heterocycles. The summed E-state index contributed by atoms with van der Waals surface area (Å²) < 4.78 is 0. The Bertz CT molecular complexity index is 398. The van der Waals surface area contributed by atoms with Crippen LogP contribution in [0.1, 0.15) is 45.4 Å². The number of carboxylic acids is 1. The SMILES string of the molecule is CCCC1(C(=O)O)CCCN1C(=O)NCCN(C)C1CC1. The molecule has 120 valence electrons. The third-order valence-electron chi connectivity index (χ3n) is 4.71. The molecule has 0 aromatic heterocycles. The number of carbonyl (C=O) groups is 2. The molecule has 1 saturated carbocycles. The van der Waals surface area contributed by atoms with E-state index in [1.54, 1.807) is 0 Å². The lowest BCUT2D eigenvalue weighted by molar-refractivity contribution is -0.148. The summed E-state index contributed by atoms with van der Waals surface area (Å²) in [6.45, 7) is 3.89. The van der Waals surface area contributed by atoms with Crippen LogP contribution in [0.25, 0.3) is 0 Å². The number of aliphatic carboxylic acids is 1. The van der Waals surface area contributed by atoms with Gasteiger partial charge < -0.3 is 20.2 Å². The van der Waals surface area contributed by atoms with E-state index in [9.17, 15) is 14.7 Å². The molecule has 0 aromatic rings. The van der Waals surface area contributed by atoms with Crippen LogP contribution in [0, 0.1) is 0 Å². The Balaban J connectivity index is 1.88. The average molecular weight is 297 g/mol. The van der Waals surface area contributed by atoms with Gasteiger partial charge in [-0.1, -0.05) is 13.3 Å². The smallest absolute Gasteiger partial charge is 0.329 e. The van der Waals surface area contributed by atoms with Crippen molar-refractivity contribution in [3.63, 3.8) is 0 Å². The van der Waals surface area contributed by atoms with Crippen molar-refractivity contribution in [2.45, 2.75) is 57.0 Å². The predicted octanol–water partition coefficient (Wildman–Crippen LogP) is 1.51. The van der Waals surface area contributed by atoms with Crippen molar-refractivity contribution in [2.24, 2.45) is 0 Å². The van der Waals surface area contributed by atoms with Crippen LogP contribution in [0.5, 0.6) is 0 Å². The zero-order valence-electron chi connectivity index (χ0n) is 13.1. The summed E-state index contributed by atoms with van der Waals surface area (Å²) in [5.41, 5.74) is -0.999. The molecule has 1 heterocycles. The highest BCUT2D eigenvalue weighted by molar-refractivity contribution is 5.87. The third-order valence-corrected chi connectivity index (χ3v) is 4.71. The molecule has 2 rings (SSSR count). The maximum absolute atomic E-state index is 12.3. The van der Waals surface area contributed by atoms with Gasteiger partial charge in [0.05, 0.1) is 0 Å². The summed E-state index contributed by atoms with van der Waals surface area (Å²) in [6, 6.07) is 0.444. The van der Waals surface area contributed by atoms with Gasteiger partial charge in [0, 0.05) is 25.7 Å². The molecule has 1 atom stereocenters. The maximum Gasteiger partial charge on any atom is 0.329 e. The molecular formula is C15H27N3O3. The number of hydrogen-bond acceptors (Lipinski definition) is 3. The largest absolute Gasteiger partial charge is 0.479 e. The average Bonchev–Trinajstić information content (AvgIpc) is 3.20. The number of nitrogens with one attached hydrogen (secondary N) is 1. The molecule has 2 amide bonds. The molecule has 1 unspecified atom stereocenters. The molecule has 21 heavy (non-hydrogen) atoms. The first-order valence-electron chi connectivity index (χ1n) is 8.00. The van der Waals surface area contributed by atoms with Crippen LogP contribution in [0.4, 0.5) is 4.79 Å². The first-order chi connectivity index (χ1) is 10.0. The Morgan fingerprint density at radius 3 is 2.71 bits per heavy atom. The van der Waals surface area contributed by atoms with Gasteiger partial charge in [-0.15, -0.1) is 0 Å². The minimum absolute atomic E-state index is 0.229. The fourth-order valence-electron chi connectivity index (χ4n) is 3.31. The van der Waals surface area contributed by atoms with E-state index in [4.69, 9.17) is 0 Å². The number of amides is 2. The number of carboxylic acid groups (broad SMARTS) is 1. The molecule has 0 radical (unpaired) electrons. The van der Waals surface area contributed by atoms with Gasteiger partial charge in [0.1, 0.15) is 5.54 Å². The Hall–Kier alpha value is -1.30. The Morgan fingerprint density at radius 2 is 2.14 bits per heavy atom. The van der Waals surface area contributed by atoms with Gasteiger partial charge in [-0.25, -0.2) is 9.59 Å². The van der Waals surface area contributed by atoms with E-state index in [2.05, 4.69) is 17.3 Å². The third kappa shape index (κ3) is 3.48. The first kappa shape index (κ1) is 16.1. The minimum atomic E-state index is -0.999. The Morgan fingerprint density at radius 1 is 1.43 bits per heavy atom. The molecule has 1 aliphatic carbocycles. The lowest BCUT2D eigenvalue weighted by Gasteiger charge is -2.34. The quantitative estimate of drug-likeness (QED) is 0.747. The molecule has 0 bridgehead atoms. The zero-order chi connectivity index (χ0) is 15.5. The Labute approximate surface area is 126 Å². The van der Waals surface area contributed by atoms with E-state index >= 15 is 0 Å². The lowest BCUT2D eigenvalue weighted by Crippen LogP contribution is -2.56. The highest BCUT2D eigenvalue weighted by atomic mass is 16.4. The summed E-state index contributed by atoms with van der Waals surface area (Å²) in [7, 11) is 2.07. The van der Waals surface area contributed by atoms with Crippen molar-refractivity contribution in [1.82, 2.24) is 15.1 Å². The lowest BCUT2D eigenvalue weighted by atomic mass is 9.91. The second-order valence-corrected chi connectivity index (χ2v) is 6.29. The van der Waals surface area contributed by atoms with Crippen molar-refractivity contribution < 1.29 is 14.7 Å². The number of likely N-dealkylation sites (N-methyl/N-ethyl adjacent to an activating group) is 1. The fraction of sp³-hybridized carbons (Fsp3) is 0.867. The van der Waals surface area contributed by atoms with E-state index in [1.807, 2.05) is 6.92 Å². The molecule has 6 nitrogen and oxygen atoms in total. The summed E-state index contributed by atoms with van der Waals surface area (Å²) in [6.07, 6.45) is 5.11. The van der Waals surface area contributed by atoms with Crippen LogP contribution in [0.15, 0.2) is 0 Å². The standard InChI is InChI=1S/C15H27N3O3/c1-3-7-15(13(19)20)8-4-10-18(15)14(21)16-9-11-17(2)12-5-6-12/h12H,3-11H2,1-2H3,(H,16,21)(H,19,20). The highest BCUT2D eigenvalue weighted by Gasteiger charge is 2.49. The van der Waals surface area contributed by atoms with Gasteiger partial charge in [-0.2, -0.15) is 0 Å².